The highest BCUT2D eigenvalue weighted by Gasteiger charge is 2.27. The Bertz CT molecular complexity index is 424. The lowest BCUT2D eigenvalue weighted by molar-refractivity contribution is -0.172. The van der Waals surface area contributed by atoms with E-state index in [-0.39, 0.29) is 13.2 Å². The molecule has 0 radical (unpaired) electrons. The first-order valence-corrected chi connectivity index (χ1v) is 6.74. The molecule has 0 saturated carbocycles. The van der Waals surface area contributed by atoms with Crippen LogP contribution in [0.1, 0.15) is 13.8 Å². The van der Waals surface area contributed by atoms with Gasteiger partial charge in [-0.1, -0.05) is 0 Å². The summed E-state index contributed by atoms with van der Waals surface area (Å²) in [6, 6.07) is 5.28. The molecule has 1 aromatic carbocycles. The highest BCUT2D eigenvalue weighted by Crippen LogP contribution is 2.29. The van der Waals surface area contributed by atoms with Crippen LogP contribution >= 0.6 is 0 Å². The summed E-state index contributed by atoms with van der Waals surface area (Å²) in [5, 5.41) is 2.99. The molecule has 0 aromatic heterocycles. The monoisotopic (exact) mass is 307 g/mol. The highest BCUT2D eigenvalue weighted by atomic mass is 19.4. The maximum Gasteiger partial charge on any atom is 0.411 e. The Kier molecular flexibility index (Phi) is 7.14. The zero-order valence-corrected chi connectivity index (χ0v) is 12.1. The van der Waals surface area contributed by atoms with Crippen LogP contribution in [0.4, 0.5) is 18.9 Å². The number of ether oxygens (including phenoxy) is 3. The maximum absolute atomic E-state index is 11.9. The molecule has 1 N–H and O–H groups in total. The number of hydrogen-bond donors (Lipinski definition) is 1. The van der Waals surface area contributed by atoms with Gasteiger partial charge < -0.3 is 19.5 Å². The van der Waals surface area contributed by atoms with Gasteiger partial charge in [0.25, 0.3) is 0 Å². The fraction of sp³-hybridized carbons (Fsp3) is 0.571. The van der Waals surface area contributed by atoms with Gasteiger partial charge in [0.1, 0.15) is 18.1 Å². The van der Waals surface area contributed by atoms with Crippen LogP contribution in [0.25, 0.3) is 0 Å². The van der Waals surface area contributed by atoms with E-state index >= 15 is 0 Å². The molecule has 0 aliphatic rings. The van der Waals surface area contributed by atoms with Crippen molar-refractivity contribution in [2.75, 3.05) is 38.3 Å². The fourth-order valence-corrected chi connectivity index (χ4v) is 1.63. The average Bonchev–Trinajstić information content (AvgIpc) is 2.40. The summed E-state index contributed by atoms with van der Waals surface area (Å²) in [7, 11) is 0. The van der Waals surface area contributed by atoms with Crippen molar-refractivity contribution >= 4 is 5.69 Å². The molecule has 0 bridgehead atoms. The summed E-state index contributed by atoms with van der Waals surface area (Å²) in [6.45, 7) is 3.69. The first-order chi connectivity index (χ1) is 9.96. The van der Waals surface area contributed by atoms with Gasteiger partial charge in [0.05, 0.1) is 25.5 Å². The van der Waals surface area contributed by atoms with Crippen LogP contribution in [0.5, 0.6) is 11.5 Å². The van der Waals surface area contributed by atoms with E-state index in [1.807, 2.05) is 13.8 Å². The maximum atomic E-state index is 11.9. The molecule has 4 nitrogen and oxygen atoms in total. The molecule has 0 spiro atoms. The minimum atomic E-state index is -4.30. The number of nitrogens with one attached hydrogen (secondary N) is 1. The predicted octanol–water partition coefficient (Wildman–Crippen LogP) is 3.47. The summed E-state index contributed by atoms with van der Waals surface area (Å²) in [5.41, 5.74) is 0.665. The molecule has 0 saturated heterocycles. The molecular formula is C14H20F3NO3. The van der Waals surface area contributed by atoms with Crippen LogP contribution in [0.15, 0.2) is 18.2 Å². The van der Waals surface area contributed by atoms with E-state index in [9.17, 15) is 13.2 Å². The Morgan fingerprint density at radius 3 is 2.43 bits per heavy atom. The minimum absolute atomic E-state index is 0.0516. The summed E-state index contributed by atoms with van der Waals surface area (Å²) < 4.78 is 51.1. The molecule has 0 fully saturated rings. The standard InChI is InChI=1S/C14H20F3NO3/c1-3-20-11-5-6-13(21-4-2)12(9-11)18-7-8-19-10-14(15,16)17/h5-6,9,18H,3-4,7-8,10H2,1-2H3. The molecule has 120 valence electrons. The van der Waals surface area contributed by atoms with Crippen LogP contribution in [0.2, 0.25) is 0 Å². The van der Waals surface area contributed by atoms with Crippen molar-refractivity contribution in [2.24, 2.45) is 0 Å². The molecule has 0 aliphatic carbocycles. The van der Waals surface area contributed by atoms with E-state index in [4.69, 9.17) is 9.47 Å². The zero-order chi connectivity index (χ0) is 15.7. The summed E-state index contributed by atoms with van der Waals surface area (Å²) in [5.74, 6) is 1.29. The van der Waals surface area contributed by atoms with Crippen LogP contribution in [0, 0.1) is 0 Å². The van der Waals surface area contributed by atoms with Crippen LogP contribution in [0.3, 0.4) is 0 Å². The van der Waals surface area contributed by atoms with Gasteiger partial charge in [-0.3, -0.25) is 0 Å². The largest absolute Gasteiger partial charge is 0.494 e. The number of anilines is 1. The second kappa shape index (κ2) is 8.61. The summed E-state index contributed by atoms with van der Waals surface area (Å²) >= 11 is 0. The van der Waals surface area contributed by atoms with Crippen molar-refractivity contribution in [1.29, 1.82) is 0 Å². The third kappa shape index (κ3) is 7.08. The second-order valence-electron chi connectivity index (χ2n) is 4.12. The molecular weight excluding hydrogens is 287 g/mol. The van der Waals surface area contributed by atoms with Crippen molar-refractivity contribution in [1.82, 2.24) is 0 Å². The highest BCUT2D eigenvalue weighted by molar-refractivity contribution is 5.59. The molecule has 0 amide bonds. The van der Waals surface area contributed by atoms with E-state index in [1.165, 1.54) is 0 Å². The molecule has 21 heavy (non-hydrogen) atoms. The normalized spacial score (nSPS) is 11.3. The summed E-state index contributed by atoms with van der Waals surface area (Å²) in [6.07, 6.45) is -4.30. The second-order valence-corrected chi connectivity index (χ2v) is 4.12. The first kappa shape index (κ1) is 17.4. The van der Waals surface area contributed by atoms with Crippen molar-refractivity contribution in [2.45, 2.75) is 20.0 Å². The Hall–Kier alpha value is -1.63. The number of alkyl halides is 3. The molecule has 0 atom stereocenters. The number of rotatable bonds is 9. The lowest BCUT2D eigenvalue weighted by Gasteiger charge is -2.14. The molecule has 7 heteroatoms. The smallest absolute Gasteiger partial charge is 0.411 e. The van der Waals surface area contributed by atoms with Crippen molar-refractivity contribution in [3.63, 3.8) is 0 Å². The molecule has 0 aliphatic heterocycles. The van der Waals surface area contributed by atoms with Gasteiger partial charge in [0.15, 0.2) is 0 Å². The van der Waals surface area contributed by atoms with E-state index in [0.29, 0.717) is 30.4 Å². The first-order valence-electron chi connectivity index (χ1n) is 6.74. The van der Waals surface area contributed by atoms with Crippen molar-refractivity contribution in [3.8, 4) is 11.5 Å². The zero-order valence-electron chi connectivity index (χ0n) is 12.1. The lowest BCUT2D eigenvalue weighted by Crippen LogP contribution is -2.20. The molecule has 1 aromatic rings. The Morgan fingerprint density at radius 2 is 1.81 bits per heavy atom. The Morgan fingerprint density at radius 1 is 1.10 bits per heavy atom. The van der Waals surface area contributed by atoms with Crippen molar-refractivity contribution < 1.29 is 27.4 Å². The number of hydrogen-bond acceptors (Lipinski definition) is 4. The van der Waals surface area contributed by atoms with Crippen LogP contribution < -0.4 is 14.8 Å². The minimum Gasteiger partial charge on any atom is -0.494 e. The van der Waals surface area contributed by atoms with E-state index in [2.05, 4.69) is 10.1 Å². The third-order valence-electron chi connectivity index (χ3n) is 2.39. The van der Waals surface area contributed by atoms with Gasteiger partial charge in [-0.15, -0.1) is 0 Å². The molecule has 0 heterocycles. The van der Waals surface area contributed by atoms with E-state index in [1.54, 1.807) is 18.2 Å². The summed E-state index contributed by atoms with van der Waals surface area (Å²) in [4.78, 5) is 0. The Labute approximate surface area is 122 Å². The van der Waals surface area contributed by atoms with Gasteiger partial charge in [-0.05, 0) is 26.0 Å². The fourth-order valence-electron chi connectivity index (χ4n) is 1.63. The predicted molar refractivity (Wildman–Crippen MR) is 74.1 cm³/mol. The van der Waals surface area contributed by atoms with Crippen molar-refractivity contribution in [3.05, 3.63) is 18.2 Å². The lowest BCUT2D eigenvalue weighted by atomic mass is 10.2. The van der Waals surface area contributed by atoms with Gasteiger partial charge in [0, 0.05) is 12.6 Å². The van der Waals surface area contributed by atoms with E-state index in [0.717, 1.165) is 0 Å². The SMILES string of the molecule is CCOc1ccc(OCC)c(NCCOCC(F)(F)F)c1. The van der Waals surface area contributed by atoms with Gasteiger partial charge >= 0.3 is 6.18 Å². The average molecular weight is 307 g/mol. The molecule has 1 rings (SSSR count). The van der Waals surface area contributed by atoms with Gasteiger partial charge in [0.2, 0.25) is 0 Å². The number of benzene rings is 1. The molecule has 0 unspecified atom stereocenters. The van der Waals surface area contributed by atoms with E-state index < -0.39 is 12.8 Å². The topological polar surface area (TPSA) is 39.7 Å². The Balaban J connectivity index is 2.52. The van der Waals surface area contributed by atoms with Crippen LogP contribution in [-0.2, 0) is 4.74 Å². The number of halogens is 3. The third-order valence-corrected chi connectivity index (χ3v) is 2.39. The van der Waals surface area contributed by atoms with Crippen LogP contribution in [-0.4, -0.2) is 39.1 Å². The quantitative estimate of drug-likeness (QED) is 0.709. The van der Waals surface area contributed by atoms with Gasteiger partial charge in [-0.2, -0.15) is 13.2 Å². The van der Waals surface area contributed by atoms with Gasteiger partial charge in [-0.25, -0.2) is 0 Å².